The second kappa shape index (κ2) is 33.6. The Bertz CT molecular complexity index is 3290. The van der Waals surface area contributed by atoms with E-state index in [1.54, 1.807) is 30.3 Å². The second-order valence-corrected chi connectivity index (χ2v) is 23.9. The Balaban J connectivity index is 0.000000193. The van der Waals surface area contributed by atoms with Crippen LogP contribution >= 0.6 is 11.6 Å². The third-order valence-electron chi connectivity index (χ3n) is 15.2. The number of hydrogen-bond donors (Lipinski definition) is 0. The van der Waals surface area contributed by atoms with Gasteiger partial charge in [0.1, 0.15) is 23.3 Å². The number of halogens is 5. The zero-order chi connectivity index (χ0) is 61.5. The molecule has 9 rings (SSSR count). The molecule has 0 fully saturated rings. The van der Waals surface area contributed by atoms with Gasteiger partial charge in [0.15, 0.2) is 5.69 Å². The molecule has 0 saturated heterocycles. The van der Waals surface area contributed by atoms with E-state index >= 15 is 0 Å². The maximum Gasteiger partial charge on any atom is 0.187 e. The minimum atomic E-state index is -0.287. The van der Waals surface area contributed by atoms with Crippen molar-refractivity contribution in [3.8, 4) is 0 Å². The quantitative estimate of drug-likeness (QED) is 0.0783. The number of rotatable bonds is 14. The van der Waals surface area contributed by atoms with Crippen LogP contribution in [0.4, 0.5) is 23.2 Å². The summed E-state index contributed by atoms with van der Waals surface area (Å²) in [7, 11) is 0. The molecule has 84 heavy (non-hydrogen) atoms. The summed E-state index contributed by atoms with van der Waals surface area (Å²) in [5.41, 5.74) is 13.5. The van der Waals surface area contributed by atoms with Gasteiger partial charge in [-0.2, -0.15) is 0 Å². The molecule has 0 aliphatic rings. The predicted molar refractivity (Wildman–Crippen MR) is 346 cm³/mol. The van der Waals surface area contributed by atoms with Gasteiger partial charge in [0.2, 0.25) is 0 Å². The highest BCUT2D eigenvalue weighted by atomic mass is 35.5. The van der Waals surface area contributed by atoms with Crippen molar-refractivity contribution in [1.29, 1.82) is 0 Å². The molecule has 438 valence electrons. The maximum absolute atomic E-state index is 13.9. The van der Waals surface area contributed by atoms with Gasteiger partial charge in [-0.1, -0.05) is 257 Å². The lowest BCUT2D eigenvalue weighted by Gasteiger charge is -2.22. The van der Waals surface area contributed by atoms with Gasteiger partial charge in [-0.05, 0) is 148 Å². The predicted octanol–water partition coefficient (Wildman–Crippen LogP) is 23.1. The average molecular weight is 1150 g/mol. The number of nitrogens with zero attached hydrogens (tertiary/aromatic N) is 2. The van der Waals surface area contributed by atoms with E-state index in [-0.39, 0.29) is 41.0 Å². The Hall–Kier alpha value is -7.59. The zero-order valence-electron chi connectivity index (χ0n) is 51.3. The van der Waals surface area contributed by atoms with Gasteiger partial charge in [-0.15, -0.1) is 0 Å². The standard InChI is InChI=1S/C18H19N.C16H16F2.C16H18FN.C16H17F.C11H15Cl/c1-13(2)18(15-7-5-14(3)6-8-15)16-9-11-17(19-4)12-10-16;1-11(2)16(12-7-9-13(17)10-8-12)14-5-3-4-6-15(14)18;1-11(2)16(13-6-4-12(3)5-7-13)15-9-8-14(17)10-18-15;1-12(2)16(13-6-4-3-5-7-13)14-8-10-15(17)11-9-14;1-8(2)9(3)10-4-6-11(12)7-5-10/h5-13,18H,1-3H3;3-11,16H,1-2H3;4-11,16H,1-3H3;3-12,16H,1-2H3;4-9H,1-3H3. The summed E-state index contributed by atoms with van der Waals surface area (Å²) in [6.45, 7) is 35.2. The van der Waals surface area contributed by atoms with E-state index in [9.17, 15) is 17.6 Å². The molecule has 8 aromatic carbocycles. The van der Waals surface area contributed by atoms with Crippen LogP contribution in [0.15, 0.2) is 219 Å². The van der Waals surface area contributed by atoms with Gasteiger partial charge in [0, 0.05) is 34.4 Å². The summed E-state index contributed by atoms with van der Waals surface area (Å²) < 4.78 is 52.7. The van der Waals surface area contributed by atoms with Crippen molar-refractivity contribution in [1.82, 2.24) is 4.98 Å². The molecule has 0 bridgehead atoms. The van der Waals surface area contributed by atoms with Crippen molar-refractivity contribution in [2.24, 2.45) is 29.6 Å². The van der Waals surface area contributed by atoms with E-state index in [2.05, 4.69) is 171 Å². The van der Waals surface area contributed by atoms with Crippen LogP contribution in [0.3, 0.4) is 0 Å². The molecular formula is C77H85ClF4N2. The monoisotopic (exact) mass is 1150 g/mol. The summed E-state index contributed by atoms with van der Waals surface area (Å²) in [6, 6.07) is 66.9. The lowest BCUT2D eigenvalue weighted by molar-refractivity contribution is 0.522. The Morgan fingerprint density at radius 2 is 0.714 bits per heavy atom. The summed E-state index contributed by atoms with van der Waals surface area (Å²) in [5, 5.41) is 0.815. The lowest BCUT2D eigenvalue weighted by atomic mass is 9.82. The van der Waals surface area contributed by atoms with Gasteiger partial charge < -0.3 is 0 Å². The Morgan fingerprint density at radius 1 is 0.357 bits per heavy atom. The first-order valence-electron chi connectivity index (χ1n) is 29.4. The fourth-order valence-electron chi connectivity index (χ4n) is 10.5. The van der Waals surface area contributed by atoms with E-state index in [1.165, 1.54) is 87.1 Å². The maximum atomic E-state index is 13.9. The van der Waals surface area contributed by atoms with Crippen LogP contribution < -0.4 is 0 Å². The summed E-state index contributed by atoms with van der Waals surface area (Å²) in [6.07, 6.45) is 1.29. The normalized spacial score (nSPS) is 12.7. The fraction of sp³-hybridized carbons (Fsp3) is 0.299. The van der Waals surface area contributed by atoms with Crippen molar-refractivity contribution in [2.45, 2.75) is 120 Å². The molecule has 5 atom stereocenters. The van der Waals surface area contributed by atoms with Crippen molar-refractivity contribution >= 4 is 17.3 Å². The van der Waals surface area contributed by atoms with Crippen molar-refractivity contribution < 1.29 is 17.6 Å². The topological polar surface area (TPSA) is 17.2 Å². The van der Waals surface area contributed by atoms with Crippen LogP contribution in [0, 0.1) is 73.3 Å². The third kappa shape index (κ3) is 20.6. The highest BCUT2D eigenvalue weighted by molar-refractivity contribution is 6.30. The average Bonchev–Trinajstić information content (AvgIpc) is 3.50. The van der Waals surface area contributed by atoms with Gasteiger partial charge in [0.05, 0.1) is 12.8 Å². The van der Waals surface area contributed by atoms with Crippen LogP contribution in [0.1, 0.15) is 167 Å². The van der Waals surface area contributed by atoms with Crippen molar-refractivity contribution in [3.63, 3.8) is 0 Å². The lowest BCUT2D eigenvalue weighted by Crippen LogP contribution is -2.10. The molecule has 2 nitrogen and oxygen atoms in total. The van der Waals surface area contributed by atoms with Crippen LogP contribution in [0.5, 0.6) is 0 Å². The molecule has 7 heteroatoms. The van der Waals surface area contributed by atoms with Gasteiger partial charge in [-0.25, -0.2) is 22.4 Å². The fourth-order valence-corrected chi connectivity index (χ4v) is 10.6. The van der Waals surface area contributed by atoms with E-state index < -0.39 is 0 Å². The molecule has 0 N–H and O–H groups in total. The zero-order valence-corrected chi connectivity index (χ0v) is 52.1. The molecule has 1 heterocycles. The van der Waals surface area contributed by atoms with E-state index in [4.69, 9.17) is 18.2 Å². The highest BCUT2D eigenvalue weighted by Gasteiger charge is 2.23. The molecule has 0 saturated carbocycles. The third-order valence-corrected chi connectivity index (χ3v) is 15.5. The number of pyridine rings is 1. The highest BCUT2D eigenvalue weighted by Crippen LogP contribution is 2.36. The summed E-state index contributed by atoms with van der Waals surface area (Å²) in [5.74, 6) is 2.93. The molecule has 0 radical (unpaired) electrons. The Kier molecular flexibility index (Phi) is 26.9. The van der Waals surface area contributed by atoms with Crippen LogP contribution in [0.25, 0.3) is 4.85 Å². The van der Waals surface area contributed by atoms with Crippen LogP contribution in [-0.4, -0.2) is 4.98 Å². The van der Waals surface area contributed by atoms with Gasteiger partial charge in [-0.3, -0.25) is 4.98 Å². The van der Waals surface area contributed by atoms with Crippen molar-refractivity contribution in [2.75, 3.05) is 0 Å². The molecule has 0 aliphatic carbocycles. The van der Waals surface area contributed by atoms with Crippen LogP contribution in [0.2, 0.25) is 5.02 Å². The largest absolute Gasteiger partial charge is 0.258 e. The molecule has 0 amide bonds. The molecule has 9 aromatic rings. The molecule has 0 aliphatic heterocycles. The van der Waals surface area contributed by atoms with Crippen LogP contribution in [-0.2, 0) is 0 Å². The number of hydrogen-bond acceptors (Lipinski definition) is 1. The summed E-state index contributed by atoms with van der Waals surface area (Å²) >= 11 is 5.80. The Morgan fingerprint density at radius 3 is 1.11 bits per heavy atom. The van der Waals surface area contributed by atoms with E-state index in [0.717, 1.165) is 16.3 Å². The first-order valence-corrected chi connectivity index (χ1v) is 29.7. The van der Waals surface area contributed by atoms with E-state index in [1.807, 2.05) is 74.5 Å². The van der Waals surface area contributed by atoms with Crippen molar-refractivity contribution in [3.05, 3.63) is 320 Å². The second-order valence-electron chi connectivity index (χ2n) is 23.4. The summed E-state index contributed by atoms with van der Waals surface area (Å²) in [4.78, 5) is 7.67. The minimum Gasteiger partial charge on any atom is -0.258 e. The Labute approximate surface area is 505 Å². The molecule has 1 aromatic heterocycles. The first kappa shape index (κ1) is 67.2. The van der Waals surface area contributed by atoms with Gasteiger partial charge in [0.25, 0.3) is 0 Å². The number of aromatic nitrogens is 1. The molecular weight excluding hydrogens is 1060 g/mol. The molecule has 5 unspecified atom stereocenters. The smallest absolute Gasteiger partial charge is 0.187 e. The molecule has 0 spiro atoms. The minimum absolute atomic E-state index is 0.0493. The number of benzene rings is 8. The van der Waals surface area contributed by atoms with Gasteiger partial charge >= 0.3 is 0 Å². The SMILES string of the molecule is CC(C)C(C)c1ccc(Cl)cc1.CC(C)C(c1ccc(F)cc1)c1ccccc1F.CC(C)C(c1ccccc1)c1ccc(F)cc1.Cc1ccc(C(c2ccc(F)cn2)C(C)C)cc1.[C-]#[N+]c1ccc(C(c2ccc(C)cc2)C(C)C)cc1. The van der Waals surface area contributed by atoms with E-state index in [0.29, 0.717) is 52.7 Å². The number of aryl methyl sites for hydroxylation is 2. The first-order chi connectivity index (χ1) is 40.1.